The molecule has 0 bridgehead atoms. The number of rotatable bonds is 3. The summed E-state index contributed by atoms with van der Waals surface area (Å²) < 4.78 is 0. The van der Waals surface area contributed by atoms with Crippen molar-refractivity contribution in [3.8, 4) is 0 Å². The summed E-state index contributed by atoms with van der Waals surface area (Å²) in [6.45, 7) is 2.33. The zero-order valence-corrected chi connectivity index (χ0v) is 11.4. The molecule has 3 rings (SSSR count). The van der Waals surface area contributed by atoms with E-state index in [2.05, 4.69) is 37.5 Å². The van der Waals surface area contributed by atoms with Crippen LogP contribution in [0.4, 0.5) is 11.8 Å². The zero-order chi connectivity index (χ0) is 13.2. The number of anilines is 2. The van der Waals surface area contributed by atoms with Crippen molar-refractivity contribution in [3.05, 3.63) is 6.33 Å². The summed E-state index contributed by atoms with van der Waals surface area (Å²) in [5, 5.41) is 6.52. The van der Waals surface area contributed by atoms with Crippen molar-refractivity contribution in [2.45, 2.75) is 38.6 Å². The number of nitrogens with zero attached hydrogens (tertiary/aromatic N) is 3. The predicted octanol–water partition coefficient (Wildman–Crippen LogP) is 2.39. The van der Waals surface area contributed by atoms with E-state index < -0.39 is 0 Å². The Morgan fingerprint density at radius 3 is 2.74 bits per heavy atom. The summed E-state index contributed by atoms with van der Waals surface area (Å²) in [4.78, 5) is 16.1. The van der Waals surface area contributed by atoms with Gasteiger partial charge in [-0.3, -0.25) is 0 Å². The number of H-pyrrole nitrogens is 1. The molecule has 2 heterocycles. The van der Waals surface area contributed by atoms with Crippen LogP contribution in [-0.4, -0.2) is 33.0 Å². The summed E-state index contributed by atoms with van der Waals surface area (Å²) in [5.74, 6) is 2.31. The molecule has 2 aromatic heterocycles. The van der Waals surface area contributed by atoms with E-state index in [1.807, 2.05) is 7.05 Å². The number of nitrogens with one attached hydrogen (secondary N) is 3. The maximum Gasteiger partial charge on any atom is 0.226 e. The highest BCUT2D eigenvalue weighted by Crippen LogP contribution is 2.27. The van der Waals surface area contributed by atoms with Gasteiger partial charge < -0.3 is 15.6 Å². The minimum Gasteiger partial charge on any atom is -0.365 e. The molecule has 3 N–H and O–H groups in total. The van der Waals surface area contributed by atoms with E-state index in [4.69, 9.17) is 0 Å². The summed E-state index contributed by atoms with van der Waals surface area (Å²) >= 11 is 0. The minimum atomic E-state index is 0.502. The van der Waals surface area contributed by atoms with Gasteiger partial charge in [-0.25, -0.2) is 4.98 Å². The highest BCUT2D eigenvalue weighted by atomic mass is 15.2. The maximum absolute atomic E-state index is 4.50. The van der Waals surface area contributed by atoms with E-state index >= 15 is 0 Å². The number of aromatic amines is 1. The largest absolute Gasteiger partial charge is 0.365 e. The number of fused-ring (bicyclic) bond motifs is 1. The van der Waals surface area contributed by atoms with Gasteiger partial charge in [0.15, 0.2) is 11.5 Å². The van der Waals surface area contributed by atoms with Crippen LogP contribution >= 0.6 is 0 Å². The fraction of sp³-hybridized carbons (Fsp3) is 0.615. The van der Waals surface area contributed by atoms with Gasteiger partial charge in [-0.1, -0.05) is 6.92 Å². The molecular formula is C13H20N6. The molecule has 2 aromatic rings. The van der Waals surface area contributed by atoms with Gasteiger partial charge in [-0.05, 0) is 31.6 Å². The molecule has 1 aliphatic carbocycles. The van der Waals surface area contributed by atoms with Gasteiger partial charge in [0.2, 0.25) is 5.95 Å². The van der Waals surface area contributed by atoms with Crippen LogP contribution in [0.25, 0.3) is 11.2 Å². The average molecular weight is 260 g/mol. The molecule has 0 unspecified atom stereocenters. The Labute approximate surface area is 112 Å². The van der Waals surface area contributed by atoms with Crippen molar-refractivity contribution in [1.82, 2.24) is 19.9 Å². The van der Waals surface area contributed by atoms with Crippen molar-refractivity contribution in [2.75, 3.05) is 17.7 Å². The van der Waals surface area contributed by atoms with E-state index in [1.165, 1.54) is 25.7 Å². The SMILES string of the molecule is CNc1nc(NC2CCC(C)CC2)c2[nH]cnc2n1. The Balaban J connectivity index is 1.85. The molecule has 1 fully saturated rings. The van der Waals surface area contributed by atoms with Gasteiger partial charge >= 0.3 is 0 Å². The predicted molar refractivity (Wildman–Crippen MR) is 76.3 cm³/mol. The molecule has 0 spiro atoms. The highest BCUT2D eigenvalue weighted by Gasteiger charge is 2.20. The highest BCUT2D eigenvalue weighted by molar-refractivity contribution is 5.83. The second-order valence-corrected chi connectivity index (χ2v) is 5.35. The van der Waals surface area contributed by atoms with Gasteiger partial charge in [0.25, 0.3) is 0 Å². The Morgan fingerprint density at radius 1 is 1.21 bits per heavy atom. The van der Waals surface area contributed by atoms with Crippen LogP contribution in [0.1, 0.15) is 32.6 Å². The first-order chi connectivity index (χ1) is 9.26. The lowest BCUT2D eigenvalue weighted by Crippen LogP contribution is -2.26. The van der Waals surface area contributed by atoms with Crippen molar-refractivity contribution in [2.24, 2.45) is 5.92 Å². The zero-order valence-electron chi connectivity index (χ0n) is 11.4. The van der Waals surface area contributed by atoms with Crippen molar-refractivity contribution in [3.63, 3.8) is 0 Å². The number of aromatic nitrogens is 4. The molecular weight excluding hydrogens is 240 g/mol. The molecule has 1 saturated carbocycles. The van der Waals surface area contributed by atoms with E-state index in [9.17, 15) is 0 Å². The summed E-state index contributed by atoms with van der Waals surface area (Å²) in [6, 6.07) is 0.502. The molecule has 0 aromatic carbocycles. The quantitative estimate of drug-likeness (QED) is 0.789. The molecule has 0 aliphatic heterocycles. The maximum atomic E-state index is 4.50. The van der Waals surface area contributed by atoms with Crippen LogP contribution in [0, 0.1) is 5.92 Å². The lowest BCUT2D eigenvalue weighted by molar-refractivity contribution is 0.361. The number of hydrogen-bond acceptors (Lipinski definition) is 5. The van der Waals surface area contributed by atoms with Gasteiger partial charge in [0.05, 0.1) is 6.33 Å². The van der Waals surface area contributed by atoms with Crippen LogP contribution in [0.2, 0.25) is 0 Å². The van der Waals surface area contributed by atoms with Crippen LogP contribution in [0.5, 0.6) is 0 Å². The lowest BCUT2D eigenvalue weighted by Gasteiger charge is -2.27. The van der Waals surface area contributed by atoms with E-state index in [1.54, 1.807) is 6.33 Å². The molecule has 0 amide bonds. The molecule has 1 aliphatic rings. The van der Waals surface area contributed by atoms with Gasteiger partial charge in [-0.2, -0.15) is 9.97 Å². The topological polar surface area (TPSA) is 78.5 Å². The van der Waals surface area contributed by atoms with Crippen LogP contribution in [0.15, 0.2) is 6.33 Å². The third-order valence-electron chi connectivity index (χ3n) is 3.87. The Kier molecular flexibility index (Phi) is 3.23. The van der Waals surface area contributed by atoms with E-state index in [0.717, 1.165) is 17.3 Å². The molecule has 6 heteroatoms. The lowest BCUT2D eigenvalue weighted by atomic mass is 9.87. The normalized spacial score (nSPS) is 23.5. The monoisotopic (exact) mass is 260 g/mol. The van der Waals surface area contributed by atoms with Crippen molar-refractivity contribution >= 4 is 22.9 Å². The van der Waals surface area contributed by atoms with Crippen LogP contribution < -0.4 is 10.6 Å². The first-order valence-electron chi connectivity index (χ1n) is 6.91. The molecule has 19 heavy (non-hydrogen) atoms. The van der Waals surface area contributed by atoms with Gasteiger partial charge in [0.1, 0.15) is 5.52 Å². The second kappa shape index (κ2) is 5.03. The minimum absolute atomic E-state index is 0.502. The van der Waals surface area contributed by atoms with Crippen molar-refractivity contribution in [1.29, 1.82) is 0 Å². The number of imidazole rings is 1. The fourth-order valence-electron chi connectivity index (χ4n) is 2.65. The standard InChI is InChI=1S/C13H20N6/c1-8-3-5-9(6-4-8)17-12-10-11(16-7-15-10)18-13(14-2)19-12/h7-9H,3-6H2,1-2H3,(H3,14,15,16,17,18,19). The van der Waals surface area contributed by atoms with Gasteiger partial charge in [-0.15, -0.1) is 0 Å². The summed E-state index contributed by atoms with van der Waals surface area (Å²) in [7, 11) is 1.82. The molecule has 6 nitrogen and oxygen atoms in total. The Hall–Kier alpha value is -1.85. The summed E-state index contributed by atoms with van der Waals surface area (Å²) in [6.07, 6.45) is 6.64. The average Bonchev–Trinajstić information content (AvgIpc) is 2.89. The first kappa shape index (κ1) is 12.2. The van der Waals surface area contributed by atoms with Crippen molar-refractivity contribution < 1.29 is 0 Å². The first-order valence-corrected chi connectivity index (χ1v) is 6.91. The Bertz CT molecular complexity index is 555. The second-order valence-electron chi connectivity index (χ2n) is 5.35. The fourth-order valence-corrected chi connectivity index (χ4v) is 2.65. The van der Waals surface area contributed by atoms with Crippen LogP contribution in [-0.2, 0) is 0 Å². The molecule has 0 atom stereocenters. The molecule has 0 saturated heterocycles. The smallest absolute Gasteiger partial charge is 0.226 e. The van der Waals surface area contributed by atoms with E-state index in [-0.39, 0.29) is 0 Å². The molecule has 102 valence electrons. The van der Waals surface area contributed by atoms with Crippen LogP contribution in [0.3, 0.4) is 0 Å². The Morgan fingerprint density at radius 2 is 2.00 bits per heavy atom. The molecule has 0 radical (unpaired) electrons. The van der Waals surface area contributed by atoms with Gasteiger partial charge in [0, 0.05) is 13.1 Å². The number of hydrogen-bond donors (Lipinski definition) is 3. The van der Waals surface area contributed by atoms with E-state index in [0.29, 0.717) is 17.6 Å². The third-order valence-corrected chi connectivity index (χ3v) is 3.87. The summed E-state index contributed by atoms with van der Waals surface area (Å²) in [5.41, 5.74) is 1.59. The third kappa shape index (κ3) is 2.47.